The highest BCUT2D eigenvalue weighted by Crippen LogP contribution is 2.18. The molecule has 2 aromatic rings. The van der Waals surface area contributed by atoms with E-state index in [1.165, 1.54) is 12.0 Å². The molecule has 0 saturated carbocycles. The second-order valence-electron chi connectivity index (χ2n) is 5.43. The summed E-state index contributed by atoms with van der Waals surface area (Å²) in [6.07, 6.45) is -0.735. The molecule has 0 aliphatic rings. The first-order valence-electron chi connectivity index (χ1n) is 7.57. The number of nitrogens with zero attached hydrogens (tertiary/aromatic N) is 2. The van der Waals surface area contributed by atoms with E-state index < -0.39 is 6.10 Å². The van der Waals surface area contributed by atoms with Crippen molar-refractivity contribution in [1.29, 1.82) is 0 Å². The van der Waals surface area contributed by atoms with Gasteiger partial charge in [-0.15, -0.1) is 0 Å². The molecule has 6 heteroatoms. The Kier molecular flexibility index (Phi) is 6.03. The second-order valence-corrected chi connectivity index (χ2v) is 5.43. The Labute approximate surface area is 141 Å². The standard InChI is InChI=1S/C18H21N3O3/c1-13-8-7-11-15(19-13)20-16(22)12-21(2)18(23)17(24-3)14-9-5-4-6-10-14/h4-11,17H,12H2,1-3H3,(H,19,20,22)/t17-/m1/s1. The van der Waals surface area contributed by atoms with E-state index >= 15 is 0 Å². The Morgan fingerprint density at radius 3 is 2.50 bits per heavy atom. The number of nitrogens with one attached hydrogen (secondary N) is 1. The van der Waals surface area contributed by atoms with Crippen LogP contribution in [0.5, 0.6) is 0 Å². The number of hydrogen-bond donors (Lipinski definition) is 1. The molecule has 2 amide bonds. The van der Waals surface area contributed by atoms with E-state index in [4.69, 9.17) is 4.74 Å². The number of anilines is 1. The molecule has 0 saturated heterocycles. The molecule has 0 aliphatic heterocycles. The van der Waals surface area contributed by atoms with E-state index in [1.54, 1.807) is 13.1 Å². The number of rotatable bonds is 6. The van der Waals surface area contributed by atoms with Crippen molar-refractivity contribution >= 4 is 17.6 Å². The van der Waals surface area contributed by atoms with Gasteiger partial charge in [-0.25, -0.2) is 4.98 Å². The van der Waals surface area contributed by atoms with Crippen LogP contribution < -0.4 is 5.32 Å². The third kappa shape index (κ3) is 4.63. The van der Waals surface area contributed by atoms with Crippen molar-refractivity contribution in [1.82, 2.24) is 9.88 Å². The van der Waals surface area contributed by atoms with E-state index in [2.05, 4.69) is 10.3 Å². The number of benzene rings is 1. The molecular weight excluding hydrogens is 306 g/mol. The van der Waals surface area contributed by atoms with Crippen molar-refractivity contribution in [3.63, 3.8) is 0 Å². The number of carbonyl (C=O) groups is 2. The lowest BCUT2D eigenvalue weighted by Crippen LogP contribution is -2.38. The average Bonchev–Trinajstić information content (AvgIpc) is 2.56. The molecule has 0 aliphatic carbocycles. The first-order chi connectivity index (χ1) is 11.5. The number of aromatic nitrogens is 1. The predicted octanol–water partition coefficient (Wildman–Crippen LogP) is 2.17. The fourth-order valence-corrected chi connectivity index (χ4v) is 2.30. The van der Waals surface area contributed by atoms with E-state index in [9.17, 15) is 9.59 Å². The molecule has 1 heterocycles. The van der Waals surface area contributed by atoms with Crippen molar-refractivity contribution in [2.24, 2.45) is 0 Å². The molecule has 0 unspecified atom stereocenters. The molecule has 0 radical (unpaired) electrons. The van der Waals surface area contributed by atoms with Gasteiger partial charge in [0.05, 0.1) is 6.54 Å². The summed E-state index contributed by atoms with van der Waals surface area (Å²) < 4.78 is 5.30. The van der Waals surface area contributed by atoms with Crippen LogP contribution in [0.15, 0.2) is 48.5 Å². The van der Waals surface area contributed by atoms with Gasteiger partial charge in [0.25, 0.3) is 5.91 Å². The summed E-state index contributed by atoms with van der Waals surface area (Å²) in [7, 11) is 3.04. The van der Waals surface area contributed by atoms with Crippen molar-refractivity contribution in [3.05, 3.63) is 59.8 Å². The number of amides is 2. The Hall–Kier alpha value is -2.73. The van der Waals surface area contributed by atoms with Gasteiger partial charge in [-0.1, -0.05) is 36.4 Å². The van der Waals surface area contributed by atoms with Crippen LogP contribution in [-0.4, -0.2) is 42.4 Å². The minimum atomic E-state index is -0.735. The lowest BCUT2D eigenvalue weighted by molar-refractivity contribution is -0.143. The van der Waals surface area contributed by atoms with Crippen molar-refractivity contribution in [3.8, 4) is 0 Å². The molecule has 6 nitrogen and oxygen atoms in total. The molecule has 1 aromatic carbocycles. The molecule has 126 valence electrons. The topological polar surface area (TPSA) is 71.5 Å². The smallest absolute Gasteiger partial charge is 0.256 e. The van der Waals surface area contributed by atoms with Crippen LogP contribution in [0.3, 0.4) is 0 Å². The zero-order chi connectivity index (χ0) is 17.5. The van der Waals surface area contributed by atoms with Gasteiger partial charge in [-0.05, 0) is 24.6 Å². The third-order valence-electron chi connectivity index (χ3n) is 3.48. The Bertz CT molecular complexity index is 704. The number of methoxy groups -OCH3 is 1. The summed E-state index contributed by atoms with van der Waals surface area (Å²) in [6, 6.07) is 14.5. The first kappa shape index (κ1) is 17.6. The fourth-order valence-electron chi connectivity index (χ4n) is 2.30. The molecule has 0 spiro atoms. The van der Waals surface area contributed by atoms with Gasteiger partial charge in [0.15, 0.2) is 6.10 Å². The average molecular weight is 327 g/mol. The van der Waals surface area contributed by atoms with Crippen molar-refractivity contribution in [2.45, 2.75) is 13.0 Å². The van der Waals surface area contributed by atoms with E-state index in [0.29, 0.717) is 5.82 Å². The van der Waals surface area contributed by atoms with Crippen LogP contribution in [0.1, 0.15) is 17.4 Å². The zero-order valence-electron chi connectivity index (χ0n) is 14.0. The van der Waals surface area contributed by atoms with Gasteiger partial charge in [0, 0.05) is 19.9 Å². The van der Waals surface area contributed by atoms with Crippen LogP contribution in [0.2, 0.25) is 0 Å². The summed E-state index contributed by atoms with van der Waals surface area (Å²) in [5.41, 5.74) is 1.55. The summed E-state index contributed by atoms with van der Waals surface area (Å²) in [5, 5.41) is 2.68. The Balaban J connectivity index is 1.98. The lowest BCUT2D eigenvalue weighted by Gasteiger charge is -2.22. The maximum Gasteiger partial charge on any atom is 0.256 e. The number of carbonyl (C=O) groups excluding carboxylic acids is 2. The summed E-state index contributed by atoms with van der Waals surface area (Å²) in [5.74, 6) is -0.130. The number of pyridine rings is 1. The number of aryl methyl sites for hydroxylation is 1. The highest BCUT2D eigenvalue weighted by atomic mass is 16.5. The lowest BCUT2D eigenvalue weighted by atomic mass is 10.1. The SMILES string of the molecule is CO[C@@H](C(=O)N(C)CC(=O)Nc1cccc(C)n1)c1ccccc1. The van der Waals surface area contributed by atoms with Crippen LogP contribution in [-0.2, 0) is 14.3 Å². The molecule has 1 atom stereocenters. The summed E-state index contributed by atoms with van der Waals surface area (Å²) >= 11 is 0. The van der Waals surface area contributed by atoms with E-state index in [-0.39, 0.29) is 18.4 Å². The normalized spacial score (nSPS) is 11.6. The Morgan fingerprint density at radius 2 is 1.88 bits per heavy atom. The van der Waals surface area contributed by atoms with Crippen LogP contribution in [0, 0.1) is 6.92 Å². The quantitative estimate of drug-likeness (QED) is 0.883. The van der Waals surface area contributed by atoms with Gasteiger partial charge in [-0.2, -0.15) is 0 Å². The molecule has 24 heavy (non-hydrogen) atoms. The number of hydrogen-bond acceptors (Lipinski definition) is 4. The molecule has 0 fully saturated rings. The van der Waals surface area contributed by atoms with Gasteiger partial charge >= 0.3 is 0 Å². The monoisotopic (exact) mass is 327 g/mol. The maximum atomic E-state index is 12.5. The van der Waals surface area contributed by atoms with Crippen LogP contribution in [0.25, 0.3) is 0 Å². The van der Waals surface area contributed by atoms with Crippen LogP contribution in [0.4, 0.5) is 5.82 Å². The first-order valence-corrected chi connectivity index (χ1v) is 7.57. The largest absolute Gasteiger partial charge is 0.367 e. The van der Waals surface area contributed by atoms with Gasteiger partial charge < -0.3 is 15.0 Å². The third-order valence-corrected chi connectivity index (χ3v) is 3.48. The summed E-state index contributed by atoms with van der Waals surface area (Å²) in [6.45, 7) is 1.76. The second kappa shape index (κ2) is 8.21. The number of ether oxygens (including phenoxy) is 1. The molecule has 2 rings (SSSR count). The van der Waals surface area contributed by atoms with E-state index in [1.807, 2.05) is 49.4 Å². The van der Waals surface area contributed by atoms with Gasteiger partial charge in [-0.3, -0.25) is 9.59 Å². The van der Waals surface area contributed by atoms with Crippen LogP contribution >= 0.6 is 0 Å². The molecule has 1 aromatic heterocycles. The van der Waals surface area contributed by atoms with Crippen molar-refractivity contribution < 1.29 is 14.3 Å². The van der Waals surface area contributed by atoms with Gasteiger partial charge in [0.1, 0.15) is 5.82 Å². The minimum Gasteiger partial charge on any atom is -0.367 e. The zero-order valence-corrected chi connectivity index (χ0v) is 14.0. The molecule has 0 bridgehead atoms. The Morgan fingerprint density at radius 1 is 1.17 bits per heavy atom. The molecule has 1 N–H and O–H groups in total. The van der Waals surface area contributed by atoms with E-state index in [0.717, 1.165) is 11.3 Å². The fraction of sp³-hybridized carbons (Fsp3) is 0.278. The summed E-state index contributed by atoms with van der Waals surface area (Å²) in [4.78, 5) is 30.2. The molecular formula is C18H21N3O3. The van der Waals surface area contributed by atoms with Gasteiger partial charge in [0.2, 0.25) is 5.91 Å². The predicted molar refractivity (Wildman–Crippen MR) is 91.4 cm³/mol. The number of likely N-dealkylation sites (N-methyl/N-ethyl adjacent to an activating group) is 1. The highest BCUT2D eigenvalue weighted by molar-refractivity contribution is 5.94. The maximum absolute atomic E-state index is 12.5. The highest BCUT2D eigenvalue weighted by Gasteiger charge is 2.24. The van der Waals surface area contributed by atoms with Crippen molar-refractivity contribution in [2.75, 3.05) is 26.0 Å². The minimum absolute atomic E-state index is 0.0822.